The van der Waals surface area contributed by atoms with Crippen LogP contribution in [0.1, 0.15) is 12.0 Å². The number of anilines is 2. The van der Waals surface area contributed by atoms with Gasteiger partial charge in [-0.1, -0.05) is 30.3 Å². The Balaban J connectivity index is 1.57. The molecule has 0 aliphatic carbocycles. The molecule has 1 atom stereocenters. The number of benzene rings is 1. The van der Waals surface area contributed by atoms with Gasteiger partial charge < -0.3 is 15.0 Å². The lowest BCUT2D eigenvalue weighted by Crippen LogP contribution is -2.35. The van der Waals surface area contributed by atoms with Crippen molar-refractivity contribution in [1.29, 1.82) is 0 Å². The van der Waals surface area contributed by atoms with Crippen LogP contribution in [0.2, 0.25) is 0 Å². The molecule has 0 bridgehead atoms. The molecule has 1 aliphatic heterocycles. The number of aromatic nitrogens is 2. The Morgan fingerprint density at radius 3 is 2.88 bits per heavy atom. The lowest BCUT2D eigenvalue weighted by atomic mass is 10.2. The summed E-state index contributed by atoms with van der Waals surface area (Å²) >= 11 is 0. The van der Waals surface area contributed by atoms with Crippen molar-refractivity contribution in [3.63, 3.8) is 0 Å². The first-order chi connectivity index (χ1) is 12.6. The lowest BCUT2D eigenvalue weighted by Gasteiger charge is -2.24. The van der Waals surface area contributed by atoms with Crippen LogP contribution in [0.4, 0.5) is 16.2 Å². The zero-order valence-electron chi connectivity index (χ0n) is 15.4. The van der Waals surface area contributed by atoms with Crippen LogP contribution in [-0.2, 0) is 11.3 Å². The summed E-state index contributed by atoms with van der Waals surface area (Å²) in [5.74, 6) is 0.257. The summed E-state index contributed by atoms with van der Waals surface area (Å²) in [6.07, 6.45) is 2.25. The van der Waals surface area contributed by atoms with E-state index in [9.17, 15) is 4.39 Å². The zero-order chi connectivity index (χ0) is 18.4. The summed E-state index contributed by atoms with van der Waals surface area (Å²) in [4.78, 5) is 12.3. The van der Waals surface area contributed by atoms with Crippen molar-refractivity contribution in [2.24, 2.45) is 0 Å². The molecule has 0 saturated carbocycles. The minimum Gasteiger partial charge on any atom is -0.375 e. The van der Waals surface area contributed by atoms with E-state index in [2.05, 4.69) is 44.5 Å². The van der Waals surface area contributed by atoms with Crippen LogP contribution in [-0.4, -0.2) is 61.3 Å². The molecule has 0 spiro atoms. The molecule has 26 heavy (non-hydrogen) atoms. The molecule has 1 aliphatic rings. The Hall–Kier alpha value is -2.25. The van der Waals surface area contributed by atoms with Crippen LogP contribution in [0.5, 0.6) is 0 Å². The van der Waals surface area contributed by atoms with Gasteiger partial charge in [0.15, 0.2) is 11.6 Å². The van der Waals surface area contributed by atoms with Gasteiger partial charge in [-0.2, -0.15) is 4.98 Å². The van der Waals surface area contributed by atoms with E-state index in [4.69, 9.17) is 4.74 Å². The van der Waals surface area contributed by atoms with Gasteiger partial charge in [0.2, 0.25) is 5.95 Å². The zero-order valence-corrected chi connectivity index (χ0v) is 15.4. The number of ether oxygens (including phenoxy) is 1. The third-order valence-electron chi connectivity index (χ3n) is 4.32. The van der Waals surface area contributed by atoms with Crippen LogP contribution < -0.4 is 10.2 Å². The highest BCUT2D eigenvalue weighted by molar-refractivity contribution is 5.42. The van der Waals surface area contributed by atoms with E-state index in [0.29, 0.717) is 12.5 Å². The Morgan fingerprint density at radius 2 is 2.12 bits per heavy atom. The highest BCUT2D eigenvalue weighted by Crippen LogP contribution is 2.15. The molecule has 2 aromatic rings. The molecular formula is C19H26FN5O. The predicted molar refractivity (Wildman–Crippen MR) is 101 cm³/mol. The number of hydrogen-bond acceptors (Lipinski definition) is 6. The topological polar surface area (TPSA) is 53.5 Å². The monoisotopic (exact) mass is 359 g/mol. The molecule has 3 rings (SSSR count). The van der Waals surface area contributed by atoms with Crippen LogP contribution in [0.25, 0.3) is 0 Å². The standard InChI is InChI=1S/C19H26FN5O/c1-24(2)18-17(20)12-22-19(23-18)21-11-16-14-25(9-6-10-26-16)13-15-7-4-3-5-8-15/h3-5,7-8,12,16H,6,9-11,13-14H2,1-2H3,(H,21,22,23). The van der Waals surface area contributed by atoms with E-state index >= 15 is 0 Å². The van der Waals surface area contributed by atoms with Crippen molar-refractivity contribution in [3.8, 4) is 0 Å². The first-order valence-electron chi connectivity index (χ1n) is 8.93. The van der Waals surface area contributed by atoms with Gasteiger partial charge in [0.25, 0.3) is 0 Å². The normalized spacial score (nSPS) is 18.3. The second-order valence-corrected chi connectivity index (χ2v) is 6.71. The fraction of sp³-hybridized carbons (Fsp3) is 0.474. The SMILES string of the molecule is CN(C)c1nc(NCC2CN(Cc3ccccc3)CCCO2)ncc1F. The maximum atomic E-state index is 13.7. The number of halogens is 1. The van der Waals surface area contributed by atoms with Crippen LogP contribution in [0, 0.1) is 5.82 Å². The fourth-order valence-corrected chi connectivity index (χ4v) is 3.04. The van der Waals surface area contributed by atoms with Crippen LogP contribution >= 0.6 is 0 Å². The largest absolute Gasteiger partial charge is 0.375 e. The lowest BCUT2D eigenvalue weighted by molar-refractivity contribution is 0.0624. The van der Waals surface area contributed by atoms with Crippen molar-refractivity contribution in [1.82, 2.24) is 14.9 Å². The van der Waals surface area contributed by atoms with Gasteiger partial charge in [-0.15, -0.1) is 0 Å². The second-order valence-electron chi connectivity index (χ2n) is 6.71. The first-order valence-corrected chi connectivity index (χ1v) is 8.93. The fourth-order valence-electron chi connectivity index (χ4n) is 3.04. The van der Waals surface area contributed by atoms with Gasteiger partial charge in [-0.25, -0.2) is 9.37 Å². The summed E-state index contributed by atoms with van der Waals surface area (Å²) in [6, 6.07) is 10.5. The maximum absolute atomic E-state index is 13.7. The minimum absolute atomic E-state index is 0.0395. The molecule has 7 heteroatoms. The Kier molecular flexibility index (Phi) is 6.35. The maximum Gasteiger partial charge on any atom is 0.224 e. The van der Waals surface area contributed by atoms with Crippen molar-refractivity contribution in [3.05, 3.63) is 47.9 Å². The molecule has 1 fully saturated rings. The number of hydrogen-bond donors (Lipinski definition) is 1. The summed E-state index contributed by atoms with van der Waals surface area (Å²) in [5, 5.41) is 3.18. The number of nitrogens with one attached hydrogen (secondary N) is 1. The smallest absolute Gasteiger partial charge is 0.224 e. The Labute approximate surface area is 154 Å². The Bertz CT molecular complexity index is 698. The second kappa shape index (κ2) is 8.91. The van der Waals surface area contributed by atoms with E-state index in [-0.39, 0.29) is 11.9 Å². The average molecular weight is 359 g/mol. The predicted octanol–water partition coefficient (Wildman–Crippen LogP) is 2.38. The van der Waals surface area contributed by atoms with E-state index in [1.165, 1.54) is 11.8 Å². The van der Waals surface area contributed by atoms with Gasteiger partial charge in [0.1, 0.15) is 0 Å². The van der Waals surface area contributed by atoms with Gasteiger partial charge in [-0.3, -0.25) is 4.90 Å². The van der Waals surface area contributed by atoms with Gasteiger partial charge in [0.05, 0.1) is 12.3 Å². The Morgan fingerprint density at radius 1 is 1.31 bits per heavy atom. The highest BCUT2D eigenvalue weighted by atomic mass is 19.1. The molecule has 0 amide bonds. The molecular weight excluding hydrogens is 333 g/mol. The van der Waals surface area contributed by atoms with Crippen molar-refractivity contribution in [2.45, 2.75) is 19.1 Å². The van der Waals surface area contributed by atoms with Gasteiger partial charge >= 0.3 is 0 Å². The molecule has 0 radical (unpaired) electrons. The van der Waals surface area contributed by atoms with Crippen molar-refractivity contribution in [2.75, 3.05) is 50.6 Å². The average Bonchev–Trinajstić information content (AvgIpc) is 2.87. The van der Waals surface area contributed by atoms with Gasteiger partial charge in [-0.05, 0) is 12.0 Å². The summed E-state index contributed by atoms with van der Waals surface area (Å²) in [6.45, 7) is 4.10. The van der Waals surface area contributed by atoms with E-state index < -0.39 is 5.82 Å². The molecule has 1 aromatic heterocycles. The summed E-state index contributed by atoms with van der Waals surface area (Å²) in [5.41, 5.74) is 1.30. The minimum atomic E-state index is -0.430. The molecule has 2 heterocycles. The third-order valence-corrected chi connectivity index (χ3v) is 4.32. The van der Waals surface area contributed by atoms with Gasteiger partial charge in [0, 0.05) is 46.9 Å². The molecule has 140 valence electrons. The van der Waals surface area contributed by atoms with Crippen LogP contribution in [0.3, 0.4) is 0 Å². The van der Waals surface area contributed by atoms with Crippen molar-refractivity contribution >= 4 is 11.8 Å². The van der Waals surface area contributed by atoms with E-state index in [1.807, 2.05) is 6.07 Å². The molecule has 1 saturated heterocycles. The third kappa shape index (κ3) is 5.12. The van der Waals surface area contributed by atoms with E-state index in [0.717, 1.165) is 32.7 Å². The molecule has 1 unspecified atom stereocenters. The first kappa shape index (κ1) is 18.5. The number of rotatable bonds is 6. The number of nitrogens with zero attached hydrogens (tertiary/aromatic N) is 4. The van der Waals surface area contributed by atoms with E-state index in [1.54, 1.807) is 19.0 Å². The van der Waals surface area contributed by atoms with Crippen LogP contribution in [0.15, 0.2) is 36.5 Å². The summed E-state index contributed by atoms with van der Waals surface area (Å²) < 4.78 is 19.7. The molecule has 6 nitrogen and oxygen atoms in total. The highest BCUT2D eigenvalue weighted by Gasteiger charge is 2.19. The van der Waals surface area contributed by atoms with Crippen molar-refractivity contribution < 1.29 is 9.13 Å². The molecule has 1 aromatic carbocycles. The quantitative estimate of drug-likeness (QED) is 0.855. The molecule has 1 N–H and O–H groups in total. The summed E-state index contributed by atoms with van der Waals surface area (Å²) in [7, 11) is 3.51.